The molecule has 0 aromatic carbocycles. The van der Waals surface area contributed by atoms with Crippen molar-refractivity contribution in [1.29, 1.82) is 0 Å². The van der Waals surface area contributed by atoms with Gasteiger partial charge in [0, 0.05) is 12.4 Å². The summed E-state index contributed by atoms with van der Waals surface area (Å²) in [5, 5.41) is 0. The molecular formula is C4H8N2O. The van der Waals surface area contributed by atoms with E-state index in [9.17, 15) is 0 Å². The van der Waals surface area contributed by atoms with Gasteiger partial charge in [-0.15, -0.1) is 0 Å². The number of nitrogens with zero attached hydrogens (tertiary/aromatic N) is 1. The summed E-state index contributed by atoms with van der Waals surface area (Å²) in [5.74, 6) is 5.19. The number of nitrogens with two attached hydrogens (primary N) is 1. The topological polar surface area (TPSA) is 62.5 Å². The Hall–Kier alpha value is -0.960. The maximum atomic E-state index is 5.19. The zero-order chi connectivity index (χ0) is 4.41. The van der Waals surface area contributed by atoms with E-state index in [1.54, 1.807) is 12.4 Å². The van der Waals surface area contributed by atoms with Crippen molar-refractivity contribution in [3.8, 4) is 0 Å². The Kier molecular flexibility index (Phi) is 1.95. The van der Waals surface area contributed by atoms with Gasteiger partial charge in [-0.1, -0.05) is 0 Å². The molecule has 3 heteroatoms. The minimum Gasteiger partial charge on any atom is -0.412 e. The van der Waals surface area contributed by atoms with E-state index in [-0.39, 0.29) is 5.48 Å². The van der Waals surface area contributed by atoms with Gasteiger partial charge in [-0.3, -0.25) is 4.68 Å². The molecule has 1 heterocycles. The predicted octanol–water partition coefficient (Wildman–Crippen LogP) is -0.623. The van der Waals surface area contributed by atoms with Crippen LogP contribution in [0.15, 0.2) is 24.5 Å². The van der Waals surface area contributed by atoms with E-state index in [1.807, 2.05) is 12.1 Å². The summed E-state index contributed by atoms with van der Waals surface area (Å²) < 4.78 is 1.50. The van der Waals surface area contributed by atoms with Crippen LogP contribution in [0.4, 0.5) is 0 Å². The normalized spacial score (nSPS) is 7.43. The molecule has 0 saturated carbocycles. The summed E-state index contributed by atoms with van der Waals surface area (Å²) in [6, 6.07) is 3.75. The third-order valence-electron chi connectivity index (χ3n) is 0.628. The second-order valence-electron chi connectivity index (χ2n) is 1.13. The molecule has 7 heavy (non-hydrogen) atoms. The van der Waals surface area contributed by atoms with Crippen LogP contribution in [0.2, 0.25) is 0 Å². The van der Waals surface area contributed by atoms with E-state index in [0.717, 1.165) is 0 Å². The van der Waals surface area contributed by atoms with Gasteiger partial charge < -0.3 is 11.3 Å². The van der Waals surface area contributed by atoms with Crippen LogP contribution in [-0.2, 0) is 0 Å². The lowest BCUT2D eigenvalue weighted by Crippen LogP contribution is -2.02. The summed E-state index contributed by atoms with van der Waals surface area (Å²) in [7, 11) is 0. The van der Waals surface area contributed by atoms with E-state index in [0.29, 0.717) is 0 Å². The lowest BCUT2D eigenvalue weighted by Gasteiger charge is -1.81. The van der Waals surface area contributed by atoms with Crippen molar-refractivity contribution >= 4 is 0 Å². The van der Waals surface area contributed by atoms with Crippen LogP contribution in [-0.4, -0.2) is 10.2 Å². The molecule has 0 radical (unpaired) electrons. The highest BCUT2D eigenvalue weighted by Crippen LogP contribution is 1.77. The van der Waals surface area contributed by atoms with Gasteiger partial charge in [0.15, 0.2) is 0 Å². The van der Waals surface area contributed by atoms with Gasteiger partial charge in [-0.25, -0.2) is 0 Å². The Morgan fingerprint density at radius 2 is 1.57 bits per heavy atom. The van der Waals surface area contributed by atoms with Gasteiger partial charge >= 0.3 is 0 Å². The molecule has 0 bridgehead atoms. The van der Waals surface area contributed by atoms with Gasteiger partial charge in [0.2, 0.25) is 0 Å². The molecular weight excluding hydrogens is 92.1 g/mol. The Bertz CT molecular complexity index is 113. The Labute approximate surface area is 41.6 Å². The molecule has 0 atom stereocenters. The molecule has 3 nitrogen and oxygen atoms in total. The molecule has 0 amide bonds. The van der Waals surface area contributed by atoms with E-state index in [4.69, 9.17) is 5.84 Å². The van der Waals surface area contributed by atoms with Gasteiger partial charge in [0.1, 0.15) is 0 Å². The van der Waals surface area contributed by atoms with Crippen LogP contribution in [0.3, 0.4) is 0 Å². The molecule has 4 N–H and O–H groups in total. The van der Waals surface area contributed by atoms with E-state index < -0.39 is 0 Å². The Morgan fingerprint density at radius 1 is 1.14 bits per heavy atom. The van der Waals surface area contributed by atoms with Crippen molar-refractivity contribution in [2.45, 2.75) is 0 Å². The SMILES string of the molecule is Nn1cccc1.O. The maximum Gasteiger partial charge on any atom is 0.0256 e. The minimum absolute atomic E-state index is 0. The van der Waals surface area contributed by atoms with E-state index in [1.165, 1.54) is 4.68 Å². The van der Waals surface area contributed by atoms with Crippen LogP contribution in [0.1, 0.15) is 0 Å². The molecule has 0 aliphatic carbocycles. The van der Waals surface area contributed by atoms with Crippen LogP contribution in [0.25, 0.3) is 0 Å². The molecule has 1 aromatic heterocycles. The van der Waals surface area contributed by atoms with Crippen molar-refractivity contribution in [3.63, 3.8) is 0 Å². The van der Waals surface area contributed by atoms with Crippen LogP contribution in [0, 0.1) is 0 Å². The monoisotopic (exact) mass is 100 g/mol. The fourth-order valence-electron chi connectivity index (χ4n) is 0.348. The first-order chi connectivity index (χ1) is 2.89. The molecule has 40 valence electrons. The average molecular weight is 100 g/mol. The zero-order valence-electron chi connectivity index (χ0n) is 3.83. The number of nitrogen functional groups attached to an aromatic ring is 1. The maximum absolute atomic E-state index is 5.19. The standard InChI is InChI=1S/C4H6N2.H2O/c5-6-3-1-2-4-6;/h1-4H,5H2;1H2. The predicted molar refractivity (Wildman–Crippen MR) is 28.2 cm³/mol. The van der Waals surface area contributed by atoms with Crippen molar-refractivity contribution in [3.05, 3.63) is 24.5 Å². The Balaban J connectivity index is 0.000000360. The molecule has 0 aliphatic heterocycles. The summed E-state index contributed by atoms with van der Waals surface area (Å²) >= 11 is 0. The molecule has 0 spiro atoms. The molecule has 1 rings (SSSR count). The summed E-state index contributed by atoms with van der Waals surface area (Å²) in [6.45, 7) is 0. The Morgan fingerprint density at radius 3 is 1.71 bits per heavy atom. The summed E-state index contributed by atoms with van der Waals surface area (Å²) in [6.07, 6.45) is 3.56. The second-order valence-corrected chi connectivity index (χ2v) is 1.13. The quantitative estimate of drug-likeness (QED) is 0.434. The molecule has 0 unspecified atom stereocenters. The highest BCUT2D eigenvalue weighted by Gasteiger charge is 1.68. The highest BCUT2D eigenvalue weighted by atomic mass is 16.0. The van der Waals surface area contributed by atoms with Gasteiger partial charge in [-0.2, -0.15) is 0 Å². The van der Waals surface area contributed by atoms with Crippen molar-refractivity contribution in [2.75, 3.05) is 5.84 Å². The molecule has 1 aromatic rings. The van der Waals surface area contributed by atoms with E-state index >= 15 is 0 Å². The first-order valence-corrected chi connectivity index (χ1v) is 1.77. The smallest absolute Gasteiger partial charge is 0.0256 e. The molecule has 0 fully saturated rings. The summed E-state index contributed by atoms with van der Waals surface area (Å²) in [5.41, 5.74) is 0. The van der Waals surface area contributed by atoms with Gasteiger partial charge in [0.25, 0.3) is 0 Å². The first kappa shape index (κ1) is 6.04. The van der Waals surface area contributed by atoms with Crippen molar-refractivity contribution < 1.29 is 5.48 Å². The minimum atomic E-state index is 0. The number of hydrogen-bond acceptors (Lipinski definition) is 1. The van der Waals surface area contributed by atoms with Gasteiger partial charge in [0.05, 0.1) is 0 Å². The lowest BCUT2D eigenvalue weighted by atomic mass is 10.7. The van der Waals surface area contributed by atoms with E-state index in [2.05, 4.69) is 0 Å². The van der Waals surface area contributed by atoms with Crippen molar-refractivity contribution in [1.82, 2.24) is 4.68 Å². The van der Waals surface area contributed by atoms with Crippen LogP contribution in [0.5, 0.6) is 0 Å². The van der Waals surface area contributed by atoms with Crippen molar-refractivity contribution in [2.24, 2.45) is 0 Å². The zero-order valence-corrected chi connectivity index (χ0v) is 3.83. The third kappa shape index (κ3) is 1.28. The second kappa shape index (κ2) is 2.25. The van der Waals surface area contributed by atoms with Crippen LogP contribution < -0.4 is 5.84 Å². The van der Waals surface area contributed by atoms with Gasteiger partial charge in [-0.05, 0) is 12.1 Å². The number of hydrogen-bond donors (Lipinski definition) is 1. The third-order valence-corrected chi connectivity index (χ3v) is 0.628. The molecule has 0 aliphatic rings. The lowest BCUT2D eigenvalue weighted by molar-refractivity contribution is 0.824. The average Bonchev–Trinajstić information content (AvgIpc) is 1.86. The number of aromatic nitrogens is 1. The fraction of sp³-hybridized carbons (Fsp3) is 0. The number of rotatable bonds is 0. The fourth-order valence-corrected chi connectivity index (χ4v) is 0.348. The molecule has 0 saturated heterocycles. The first-order valence-electron chi connectivity index (χ1n) is 1.77. The largest absolute Gasteiger partial charge is 0.412 e. The summed E-state index contributed by atoms with van der Waals surface area (Å²) in [4.78, 5) is 0. The highest BCUT2D eigenvalue weighted by molar-refractivity contribution is 4.89. The van der Waals surface area contributed by atoms with Crippen LogP contribution >= 0.6 is 0 Å².